The van der Waals surface area contributed by atoms with E-state index in [1.807, 2.05) is 12.3 Å². The Morgan fingerprint density at radius 2 is 2.08 bits per heavy atom. The molecule has 1 aliphatic heterocycles. The standard InChI is InChI=1S/C19H21Cl2N3O/c1-2-15-5-3-4-8-24(15)16-9-13(11-22-12-16)19(25)23-14-6-7-17(20)18(21)10-14/h6-7,9-12,15H,2-5,8H2,1H3,(H,23,25). The van der Waals surface area contributed by atoms with E-state index in [2.05, 4.69) is 22.1 Å². The second kappa shape index (κ2) is 8.07. The molecule has 1 unspecified atom stereocenters. The number of hydrogen-bond acceptors (Lipinski definition) is 3. The first kappa shape index (κ1) is 18.0. The van der Waals surface area contributed by atoms with Crippen LogP contribution in [0.1, 0.15) is 43.0 Å². The highest BCUT2D eigenvalue weighted by Gasteiger charge is 2.22. The van der Waals surface area contributed by atoms with Crippen LogP contribution in [0.3, 0.4) is 0 Å². The van der Waals surface area contributed by atoms with E-state index in [0.717, 1.165) is 18.7 Å². The fraction of sp³-hybridized carbons (Fsp3) is 0.368. The number of amides is 1. The average Bonchev–Trinajstić information content (AvgIpc) is 2.64. The molecule has 1 N–H and O–H groups in total. The summed E-state index contributed by atoms with van der Waals surface area (Å²) in [6, 6.07) is 7.45. The molecule has 3 rings (SSSR count). The van der Waals surface area contributed by atoms with E-state index in [1.54, 1.807) is 24.4 Å². The maximum Gasteiger partial charge on any atom is 0.257 e. The van der Waals surface area contributed by atoms with Crippen molar-refractivity contribution >= 4 is 40.5 Å². The van der Waals surface area contributed by atoms with Crippen molar-refractivity contribution in [1.29, 1.82) is 0 Å². The molecule has 0 radical (unpaired) electrons. The second-order valence-electron chi connectivity index (χ2n) is 6.27. The van der Waals surface area contributed by atoms with Gasteiger partial charge in [0.2, 0.25) is 0 Å². The van der Waals surface area contributed by atoms with Crippen LogP contribution in [0.2, 0.25) is 10.0 Å². The van der Waals surface area contributed by atoms with Crippen molar-refractivity contribution in [3.63, 3.8) is 0 Å². The van der Waals surface area contributed by atoms with Crippen LogP contribution in [-0.4, -0.2) is 23.5 Å². The lowest BCUT2D eigenvalue weighted by Crippen LogP contribution is -2.39. The Kier molecular flexibility index (Phi) is 5.82. The fourth-order valence-corrected chi connectivity index (χ4v) is 3.55. The lowest BCUT2D eigenvalue weighted by atomic mass is 9.99. The summed E-state index contributed by atoms with van der Waals surface area (Å²) >= 11 is 11.9. The molecule has 132 valence electrons. The number of nitrogens with zero attached hydrogens (tertiary/aromatic N) is 2. The molecule has 0 bridgehead atoms. The normalized spacial score (nSPS) is 17.4. The quantitative estimate of drug-likeness (QED) is 0.774. The van der Waals surface area contributed by atoms with Gasteiger partial charge in [-0.2, -0.15) is 0 Å². The number of carbonyl (C=O) groups excluding carboxylic acids is 1. The summed E-state index contributed by atoms with van der Waals surface area (Å²) < 4.78 is 0. The van der Waals surface area contributed by atoms with Gasteiger partial charge in [-0.05, 0) is 49.9 Å². The van der Waals surface area contributed by atoms with E-state index in [9.17, 15) is 4.79 Å². The molecule has 0 spiro atoms. The maximum atomic E-state index is 12.6. The van der Waals surface area contributed by atoms with E-state index < -0.39 is 0 Å². The molecule has 2 heterocycles. The smallest absolute Gasteiger partial charge is 0.257 e. The molecule has 1 aromatic heterocycles. The third-order valence-corrected chi connectivity index (χ3v) is 5.33. The van der Waals surface area contributed by atoms with Crippen molar-refractivity contribution in [3.05, 3.63) is 52.3 Å². The van der Waals surface area contributed by atoms with Crippen LogP contribution in [0.5, 0.6) is 0 Å². The number of carbonyl (C=O) groups is 1. The number of aromatic nitrogens is 1. The average molecular weight is 378 g/mol. The number of benzene rings is 1. The third-order valence-electron chi connectivity index (χ3n) is 4.59. The molecule has 1 aliphatic rings. The molecule has 1 atom stereocenters. The highest BCUT2D eigenvalue weighted by Crippen LogP contribution is 2.28. The topological polar surface area (TPSA) is 45.2 Å². The Hall–Kier alpha value is -1.78. The van der Waals surface area contributed by atoms with Gasteiger partial charge in [0, 0.05) is 24.5 Å². The van der Waals surface area contributed by atoms with Crippen molar-refractivity contribution in [2.75, 3.05) is 16.8 Å². The summed E-state index contributed by atoms with van der Waals surface area (Å²) in [5.74, 6) is -0.210. The first-order chi connectivity index (χ1) is 12.1. The summed E-state index contributed by atoms with van der Waals surface area (Å²) in [6.07, 6.45) is 8.15. The number of rotatable bonds is 4. The Morgan fingerprint density at radius 1 is 1.24 bits per heavy atom. The Labute approximate surface area is 158 Å². The van der Waals surface area contributed by atoms with Gasteiger partial charge in [-0.3, -0.25) is 9.78 Å². The maximum absolute atomic E-state index is 12.6. The molecule has 0 saturated carbocycles. The van der Waals surface area contributed by atoms with Crippen LogP contribution in [-0.2, 0) is 0 Å². The zero-order valence-corrected chi connectivity index (χ0v) is 15.6. The summed E-state index contributed by atoms with van der Waals surface area (Å²) in [7, 11) is 0. The Bertz CT molecular complexity index is 766. The number of nitrogens with one attached hydrogen (secondary N) is 1. The van der Waals surface area contributed by atoms with Crippen molar-refractivity contribution < 1.29 is 4.79 Å². The minimum absolute atomic E-state index is 0.210. The largest absolute Gasteiger partial charge is 0.367 e. The SMILES string of the molecule is CCC1CCCCN1c1cncc(C(=O)Nc2ccc(Cl)c(Cl)c2)c1. The molecule has 1 amide bonds. The monoisotopic (exact) mass is 377 g/mol. The van der Waals surface area contributed by atoms with E-state index in [1.165, 1.54) is 19.3 Å². The molecule has 1 fully saturated rings. The van der Waals surface area contributed by atoms with Gasteiger partial charge in [0.05, 0.1) is 27.5 Å². The predicted molar refractivity (Wildman–Crippen MR) is 104 cm³/mol. The minimum Gasteiger partial charge on any atom is -0.367 e. The van der Waals surface area contributed by atoms with Gasteiger partial charge in [0.1, 0.15) is 0 Å². The van der Waals surface area contributed by atoms with Crippen molar-refractivity contribution in [3.8, 4) is 0 Å². The van der Waals surface area contributed by atoms with E-state index in [4.69, 9.17) is 23.2 Å². The third kappa shape index (κ3) is 4.25. The highest BCUT2D eigenvalue weighted by molar-refractivity contribution is 6.42. The van der Waals surface area contributed by atoms with Gasteiger partial charge in [0.15, 0.2) is 0 Å². The van der Waals surface area contributed by atoms with Crippen molar-refractivity contribution in [2.24, 2.45) is 0 Å². The highest BCUT2D eigenvalue weighted by atomic mass is 35.5. The first-order valence-corrected chi connectivity index (χ1v) is 9.32. The lowest BCUT2D eigenvalue weighted by Gasteiger charge is -2.37. The van der Waals surface area contributed by atoms with E-state index in [0.29, 0.717) is 27.3 Å². The van der Waals surface area contributed by atoms with Crippen LogP contribution in [0.4, 0.5) is 11.4 Å². The van der Waals surface area contributed by atoms with Crippen molar-refractivity contribution in [1.82, 2.24) is 4.98 Å². The summed E-state index contributed by atoms with van der Waals surface area (Å²) in [5.41, 5.74) is 2.14. The zero-order chi connectivity index (χ0) is 17.8. The second-order valence-corrected chi connectivity index (χ2v) is 7.08. The van der Waals surface area contributed by atoms with Crippen LogP contribution >= 0.6 is 23.2 Å². The molecule has 0 aliphatic carbocycles. The number of pyridine rings is 1. The van der Waals surface area contributed by atoms with Crippen LogP contribution in [0.15, 0.2) is 36.7 Å². The number of hydrogen-bond donors (Lipinski definition) is 1. The molecule has 6 heteroatoms. The van der Waals surface area contributed by atoms with Gasteiger partial charge in [0.25, 0.3) is 5.91 Å². The molecule has 1 aromatic carbocycles. The molecular weight excluding hydrogens is 357 g/mol. The van der Waals surface area contributed by atoms with Gasteiger partial charge in [-0.1, -0.05) is 30.1 Å². The van der Waals surface area contributed by atoms with Crippen LogP contribution < -0.4 is 10.2 Å². The number of piperidine rings is 1. The van der Waals surface area contributed by atoms with E-state index >= 15 is 0 Å². The lowest BCUT2D eigenvalue weighted by molar-refractivity contribution is 0.102. The van der Waals surface area contributed by atoms with Gasteiger partial charge in [-0.25, -0.2) is 0 Å². The molecular formula is C19H21Cl2N3O. The number of anilines is 2. The predicted octanol–water partition coefficient (Wildman–Crippen LogP) is 5.41. The fourth-order valence-electron chi connectivity index (χ4n) is 3.25. The van der Waals surface area contributed by atoms with Gasteiger partial charge >= 0.3 is 0 Å². The van der Waals surface area contributed by atoms with Gasteiger partial charge < -0.3 is 10.2 Å². The molecule has 1 saturated heterocycles. The van der Waals surface area contributed by atoms with Crippen LogP contribution in [0.25, 0.3) is 0 Å². The first-order valence-electron chi connectivity index (χ1n) is 8.56. The Morgan fingerprint density at radius 3 is 2.84 bits per heavy atom. The minimum atomic E-state index is -0.210. The van der Waals surface area contributed by atoms with Crippen molar-refractivity contribution in [2.45, 2.75) is 38.6 Å². The zero-order valence-electron chi connectivity index (χ0n) is 14.1. The summed E-state index contributed by atoms with van der Waals surface area (Å²) in [4.78, 5) is 19.2. The summed E-state index contributed by atoms with van der Waals surface area (Å²) in [5, 5.41) is 3.71. The molecule has 2 aromatic rings. The Balaban J connectivity index is 1.78. The molecule has 4 nitrogen and oxygen atoms in total. The van der Waals surface area contributed by atoms with E-state index in [-0.39, 0.29) is 5.91 Å². The van der Waals surface area contributed by atoms with Crippen LogP contribution in [0, 0.1) is 0 Å². The molecule has 25 heavy (non-hydrogen) atoms. The number of halogens is 2. The van der Waals surface area contributed by atoms with Gasteiger partial charge in [-0.15, -0.1) is 0 Å². The summed E-state index contributed by atoms with van der Waals surface area (Å²) in [6.45, 7) is 3.22.